The molecule has 0 N–H and O–H groups in total. The standard InChI is InChI=1S/C25H25N3O4S/c1-15-12-16(2)23-20(13-15)26-25(33-23)27(14-19-4-3-11-32-19)24(31)17-5-7-18(8-6-17)28-21(29)9-10-22(28)30/h5-8,12-13,19H,3-4,9-11,14H2,1-2H3. The highest BCUT2D eigenvalue weighted by Gasteiger charge is 2.31. The number of carbonyl (C=O) groups excluding carboxylic acids is 3. The predicted octanol–water partition coefficient (Wildman–Crippen LogP) is 4.39. The number of hydrogen-bond donors (Lipinski definition) is 0. The molecule has 8 heteroatoms. The zero-order chi connectivity index (χ0) is 23.1. The molecule has 0 saturated carbocycles. The molecule has 0 spiro atoms. The molecule has 1 atom stereocenters. The van der Waals surface area contributed by atoms with Crippen LogP contribution in [0.3, 0.4) is 0 Å². The highest BCUT2D eigenvalue weighted by molar-refractivity contribution is 7.22. The monoisotopic (exact) mass is 463 g/mol. The van der Waals surface area contributed by atoms with Crippen molar-refractivity contribution in [3.8, 4) is 0 Å². The molecule has 170 valence electrons. The summed E-state index contributed by atoms with van der Waals surface area (Å²) < 4.78 is 6.89. The normalized spacial score (nSPS) is 18.5. The maximum atomic E-state index is 13.6. The summed E-state index contributed by atoms with van der Waals surface area (Å²) in [6, 6.07) is 10.8. The lowest BCUT2D eigenvalue weighted by Gasteiger charge is -2.23. The quantitative estimate of drug-likeness (QED) is 0.524. The summed E-state index contributed by atoms with van der Waals surface area (Å²) in [5.74, 6) is -0.594. The third-order valence-electron chi connectivity index (χ3n) is 6.12. The van der Waals surface area contributed by atoms with Gasteiger partial charge in [0.2, 0.25) is 11.8 Å². The van der Waals surface area contributed by atoms with Crippen molar-refractivity contribution in [1.82, 2.24) is 4.98 Å². The van der Waals surface area contributed by atoms with Crippen LogP contribution >= 0.6 is 11.3 Å². The predicted molar refractivity (Wildman–Crippen MR) is 128 cm³/mol. The molecular formula is C25H25N3O4S. The van der Waals surface area contributed by atoms with Gasteiger partial charge < -0.3 is 4.74 Å². The smallest absolute Gasteiger partial charge is 0.260 e. The average Bonchev–Trinajstić information content (AvgIpc) is 3.52. The number of amides is 3. The average molecular weight is 464 g/mol. The van der Waals surface area contributed by atoms with Crippen molar-refractivity contribution in [1.29, 1.82) is 0 Å². The van der Waals surface area contributed by atoms with Crippen LogP contribution in [0.25, 0.3) is 10.2 Å². The van der Waals surface area contributed by atoms with Gasteiger partial charge in [-0.3, -0.25) is 24.2 Å². The molecule has 3 heterocycles. The molecule has 2 aliphatic heterocycles. The van der Waals surface area contributed by atoms with Gasteiger partial charge in [0.15, 0.2) is 5.13 Å². The molecule has 0 bridgehead atoms. The molecule has 3 aromatic rings. The lowest BCUT2D eigenvalue weighted by Crippen LogP contribution is -2.37. The van der Waals surface area contributed by atoms with E-state index in [-0.39, 0.29) is 36.7 Å². The SMILES string of the molecule is Cc1cc(C)c2sc(N(CC3CCCO3)C(=O)c3ccc(N4C(=O)CCC4=O)cc3)nc2c1. The van der Waals surface area contributed by atoms with Crippen molar-refractivity contribution >= 4 is 50.1 Å². The Labute approximate surface area is 196 Å². The number of rotatable bonds is 5. The highest BCUT2D eigenvalue weighted by atomic mass is 32.1. The lowest BCUT2D eigenvalue weighted by atomic mass is 10.1. The van der Waals surface area contributed by atoms with Crippen molar-refractivity contribution < 1.29 is 19.1 Å². The van der Waals surface area contributed by atoms with Gasteiger partial charge in [0.25, 0.3) is 5.91 Å². The molecule has 2 fully saturated rings. The fraction of sp³-hybridized carbons (Fsp3) is 0.360. The van der Waals surface area contributed by atoms with Gasteiger partial charge in [-0.2, -0.15) is 0 Å². The summed E-state index contributed by atoms with van der Waals surface area (Å²) in [6.07, 6.45) is 2.32. The third-order valence-corrected chi connectivity index (χ3v) is 7.35. The molecule has 2 saturated heterocycles. The second-order valence-electron chi connectivity index (χ2n) is 8.65. The second-order valence-corrected chi connectivity index (χ2v) is 9.62. The van der Waals surface area contributed by atoms with E-state index in [1.807, 2.05) is 13.0 Å². The van der Waals surface area contributed by atoms with E-state index in [1.54, 1.807) is 29.2 Å². The molecule has 1 aromatic heterocycles. The first kappa shape index (κ1) is 21.7. The number of hydrogen-bond acceptors (Lipinski definition) is 6. The molecular weight excluding hydrogens is 438 g/mol. The Morgan fingerprint density at radius 3 is 2.55 bits per heavy atom. The molecule has 3 amide bonds. The zero-order valence-electron chi connectivity index (χ0n) is 18.7. The third kappa shape index (κ3) is 4.16. The first-order valence-electron chi connectivity index (χ1n) is 11.2. The molecule has 7 nitrogen and oxygen atoms in total. The van der Waals surface area contributed by atoms with Crippen LogP contribution in [-0.4, -0.2) is 42.0 Å². The lowest BCUT2D eigenvalue weighted by molar-refractivity contribution is -0.121. The first-order chi connectivity index (χ1) is 15.9. The minimum absolute atomic E-state index is 0.0251. The van der Waals surface area contributed by atoms with E-state index in [4.69, 9.17) is 9.72 Å². The summed E-state index contributed by atoms with van der Waals surface area (Å²) in [5, 5.41) is 0.646. The van der Waals surface area contributed by atoms with Crippen LogP contribution in [-0.2, 0) is 14.3 Å². The van der Waals surface area contributed by atoms with Gasteiger partial charge >= 0.3 is 0 Å². The van der Waals surface area contributed by atoms with Crippen molar-refractivity contribution in [2.75, 3.05) is 23.0 Å². The minimum Gasteiger partial charge on any atom is -0.376 e. The Balaban J connectivity index is 1.47. The molecule has 2 aliphatic rings. The second kappa shape index (κ2) is 8.68. The van der Waals surface area contributed by atoms with Gasteiger partial charge in [0.1, 0.15) is 0 Å². The summed E-state index contributed by atoms with van der Waals surface area (Å²) in [7, 11) is 0. The number of benzene rings is 2. The number of carbonyl (C=O) groups is 3. The van der Waals surface area contributed by atoms with Gasteiger partial charge in [-0.1, -0.05) is 17.4 Å². The van der Waals surface area contributed by atoms with Crippen LogP contribution in [0.5, 0.6) is 0 Å². The van der Waals surface area contributed by atoms with Crippen LogP contribution in [0.1, 0.15) is 47.2 Å². The van der Waals surface area contributed by atoms with Crippen molar-refractivity contribution in [2.24, 2.45) is 0 Å². The fourth-order valence-electron chi connectivity index (χ4n) is 4.49. The molecule has 33 heavy (non-hydrogen) atoms. The largest absolute Gasteiger partial charge is 0.376 e. The molecule has 0 aliphatic carbocycles. The Bertz CT molecular complexity index is 1230. The number of fused-ring (bicyclic) bond motifs is 1. The van der Waals surface area contributed by atoms with Crippen LogP contribution in [0.15, 0.2) is 36.4 Å². The van der Waals surface area contributed by atoms with Crippen molar-refractivity contribution in [2.45, 2.75) is 45.6 Å². The van der Waals surface area contributed by atoms with Gasteiger partial charge in [0.05, 0.1) is 28.6 Å². The Morgan fingerprint density at radius 1 is 1.15 bits per heavy atom. The van der Waals surface area contributed by atoms with E-state index in [1.165, 1.54) is 16.2 Å². The number of imide groups is 1. The summed E-state index contributed by atoms with van der Waals surface area (Å²) >= 11 is 1.51. The zero-order valence-corrected chi connectivity index (χ0v) is 19.5. The van der Waals surface area contributed by atoms with Crippen LogP contribution < -0.4 is 9.80 Å². The van der Waals surface area contributed by atoms with E-state index >= 15 is 0 Å². The molecule has 5 rings (SSSR count). The summed E-state index contributed by atoms with van der Waals surface area (Å²) in [6.45, 7) is 5.24. The molecule has 1 unspecified atom stereocenters. The van der Waals surface area contributed by atoms with Crippen LogP contribution in [0.2, 0.25) is 0 Å². The van der Waals surface area contributed by atoms with Gasteiger partial charge in [-0.15, -0.1) is 0 Å². The maximum Gasteiger partial charge on any atom is 0.260 e. The summed E-state index contributed by atoms with van der Waals surface area (Å²) in [5.41, 5.74) is 4.14. The van der Waals surface area contributed by atoms with Gasteiger partial charge in [-0.25, -0.2) is 4.98 Å². The topological polar surface area (TPSA) is 79.8 Å². The fourth-order valence-corrected chi connectivity index (χ4v) is 5.52. The van der Waals surface area contributed by atoms with E-state index in [9.17, 15) is 14.4 Å². The minimum atomic E-state index is -0.209. The Morgan fingerprint density at radius 2 is 1.88 bits per heavy atom. The molecule has 2 aromatic carbocycles. The number of nitrogens with zero attached hydrogens (tertiary/aromatic N) is 3. The number of ether oxygens (including phenoxy) is 1. The highest BCUT2D eigenvalue weighted by Crippen LogP contribution is 2.34. The van der Waals surface area contributed by atoms with Gasteiger partial charge in [0, 0.05) is 25.0 Å². The van der Waals surface area contributed by atoms with E-state index in [0.29, 0.717) is 29.5 Å². The van der Waals surface area contributed by atoms with Crippen molar-refractivity contribution in [3.05, 3.63) is 53.1 Å². The van der Waals surface area contributed by atoms with E-state index in [0.717, 1.165) is 34.2 Å². The Hall–Kier alpha value is -3.10. The van der Waals surface area contributed by atoms with Crippen LogP contribution in [0.4, 0.5) is 10.8 Å². The van der Waals surface area contributed by atoms with Crippen molar-refractivity contribution in [3.63, 3.8) is 0 Å². The Kier molecular flexibility index (Phi) is 5.72. The maximum absolute atomic E-state index is 13.6. The van der Waals surface area contributed by atoms with E-state index in [2.05, 4.69) is 13.0 Å². The number of aryl methyl sites for hydroxylation is 2. The van der Waals surface area contributed by atoms with Crippen LogP contribution in [0, 0.1) is 13.8 Å². The van der Waals surface area contributed by atoms with Gasteiger partial charge in [-0.05, 0) is 68.1 Å². The van der Waals surface area contributed by atoms with E-state index < -0.39 is 0 Å². The number of anilines is 2. The summed E-state index contributed by atoms with van der Waals surface area (Å²) in [4.78, 5) is 45.4. The first-order valence-corrected chi connectivity index (χ1v) is 12.0. The number of aromatic nitrogens is 1. The molecule has 0 radical (unpaired) electrons. The number of thiazole rings is 1.